The van der Waals surface area contributed by atoms with Gasteiger partial charge in [-0.2, -0.15) is 0 Å². The summed E-state index contributed by atoms with van der Waals surface area (Å²) in [4.78, 5) is 0. The topological polar surface area (TPSA) is 30.7 Å². The Morgan fingerprint density at radius 3 is 2.07 bits per heavy atom. The van der Waals surface area contributed by atoms with Crippen LogP contribution in [0, 0.1) is 29.1 Å². The summed E-state index contributed by atoms with van der Waals surface area (Å²) in [6.45, 7) is 3.95. The number of nitrogens with zero attached hydrogens (tertiary/aromatic N) is 3. The molecule has 0 spiro atoms. The van der Waals surface area contributed by atoms with Gasteiger partial charge in [0.25, 0.3) is 0 Å². The van der Waals surface area contributed by atoms with Crippen LogP contribution in [0.1, 0.15) is 5.56 Å². The van der Waals surface area contributed by atoms with Gasteiger partial charge in [-0.05, 0) is 0 Å². The van der Waals surface area contributed by atoms with E-state index in [4.69, 9.17) is 0 Å². The fourth-order valence-electron chi connectivity index (χ4n) is 2.40. The second-order valence-electron chi connectivity index (χ2n) is 5.41. The van der Waals surface area contributed by atoms with E-state index in [0.29, 0.717) is 12.4 Å². The molecule has 0 bridgehead atoms. The third-order valence-electron chi connectivity index (χ3n) is 3.71. The van der Waals surface area contributed by atoms with Crippen molar-refractivity contribution in [3.8, 4) is 11.4 Å². The Labute approximate surface area is 155 Å². The Bertz CT molecular complexity index is 959. The van der Waals surface area contributed by atoms with Crippen molar-refractivity contribution in [1.82, 2.24) is 14.8 Å². The Hall–Kier alpha value is -2.68. The molecule has 0 aliphatic heterocycles. The van der Waals surface area contributed by atoms with Crippen molar-refractivity contribution >= 4 is 11.8 Å². The molecule has 0 saturated heterocycles. The molecule has 27 heavy (non-hydrogen) atoms. The fourth-order valence-corrected chi connectivity index (χ4v) is 3.35. The summed E-state index contributed by atoms with van der Waals surface area (Å²) in [7, 11) is 0. The van der Waals surface area contributed by atoms with E-state index in [1.807, 2.05) is 30.3 Å². The van der Waals surface area contributed by atoms with Gasteiger partial charge in [0.2, 0.25) is 5.82 Å². The lowest BCUT2D eigenvalue weighted by molar-refractivity contribution is 0.372. The van der Waals surface area contributed by atoms with Crippen molar-refractivity contribution in [1.29, 1.82) is 0 Å². The second kappa shape index (κ2) is 7.91. The van der Waals surface area contributed by atoms with Crippen LogP contribution in [0.25, 0.3) is 11.4 Å². The third-order valence-corrected chi connectivity index (χ3v) is 4.70. The van der Waals surface area contributed by atoms with Gasteiger partial charge in [-0.3, -0.25) is 4.57 Å². The van der Waals surface area contributed by atoms with Gasteiger partial charge < -0.3 is 0 Å². The van der Waals surface area contributed by atoms with E-state index in [0.717, 1.165) is 17.3 Å². The zero-order valence-corrected chi connectivity index (χ0v) is 14.5. The maximum absolute atomic E-state index is 13.8. The molecule has 1 aromatic heterocycles. The Morgan fingerprint density at radius 2 is 1.48 bits per heavy atom. The highest BCUT2D eigenvalue weighted by molar-refractivity contribution is 7.98. The molecule has 1 heterocycles. The van der Waals surface area contributed by atoms with Gasteiger partial charge in [0.05, 0.1) is 0 Å². The van der Waals surface area contributed by atoms with Crippen LogP contribution in [0.4, 0.5) is 22.0 Å². The standard InChI is InChI=1S/C18H12F5N3S/c1-2-8-26-17(10-6-4-3-5-7-10)24-25-18(26)27-9-11-12(19)14(21)16(23)15(22)13(11)20/h2-7H,1,8-9H2. The zero-order chi connectivity index (χ0) is 19.6. The van der Waals surface area contributed by atoms with Crippen molar-refractivity contribution in [2.45, 2.75) is 17.5 Å². The van der Waals surface area contributed by atoms with Crippen LogP contribution in [0.3, 0.4) is 0 Å². The molecule has 2 aromatic carbocycles. The Balaban J connectivity index is 1.94. The first-order valence-electron chi connectivity index (χ1n) is 7.68. The van der Waals surface area contributed by atoms with Crippen molar-refractivity contribution in [2.75, 3.05) is 0 Å². The van der Waals surface area contributed by atoms with Crippen LogP contribution in [-0.2, 0) is 12.3 Å². The molecular formula is C18H12F5N3S. The molecule has 0 saturated carbocycles. The van der Waals surface area contributed by atoms with E-state index in [1.54, 1.807) is 10.6 Å². The second-order valence-corrected chi connectivity index (χ2v) is 6.35. The van der Waals surface area contributed by atoms with E-state index < -0.39 is 40.4 Å². The summed E-state index contributed by atoms with van der Waals surface area (Å²) in [5.41, 5.74) is -0.152. The fraction of sp³-hybridized carbons (Fsp3) is 0.111. The molecule has 3 nitrogen and oxygen atoms in total. The minimum atomic E-state index is -2.18. The van der Waals surface area contributed by atoms with Gasteiger partial charge in [0.1, 0.15) is 0 Å². The molecule has 0 amide bonds. The lowest BCUT2D eigenvalue weighted by atomic mass is 10.2. The van der Waals surface area contributed by atoms with Gasteiger partial charge in [0.15, 0.2) is 34.2 Å². The highest BCUT2D eigenvalue weighted by Crippen LogP contribution is 2.30. The monoisotopic (exact) mass is 397 g/mol. The number of rotatable bonds is 6. The van der Waals surface area contributed by atoms with Gasteiger partial charge in [-0.1, -0.05) is 48.2 Å². The average Bonchev–Trinajstić information content (AvgIpc) is 3.08. The molecule has 0 aliphatic rings. The van der Waals surface area contributed by atoms with Crippen LogP contribution in [0.15, 0.2) is 48.1 Å². The van der Waals surface area contributed by atoms with E-state index in [9.17, 15) is 22.0 Å². The number of thioether (sulfide) groups is 1. The van der Waals surface area contributed by atoms with Crippen molar-refractivity contribution in [3.63, 3.8) is 0 Å². The lowest BCUT2D eigenvalue weighted by Crippen LogP contribution is -2.07. The SMILES string of the molecule is C=CCn1c(SCc2c(F)c(F)c(F)c(F)c2F)nnc1-c1ccccc1. The normalized spacial score (nSPS) is 11.0. The summed E-state index contributed by atoms with van der Waals surface area (Å²) < 4.78 is 69.1. The number of benzene rings is 2. The highest BCUT2D eigenvalue weighted by Gasteiger charge is 2.26. The molecule has 0 N–H and O–H groups in total. The molecule has 3 rings (SSSR count). The number of hydrogen-bond acceptors (Lipinski definition) is 3. The third kappa shape index (κ3) is 3.59. The zero-order valence-electron chi connectivity index (χ0n) is 13.7. The molecule has 9 heteroatoms. The molecule has 3 aromatic rings. The van der Waals surface area contributed by atoms with Crippen molar-refractivity contribution in [2.24, 2.45) is 0 Å². The minimum absolute atomic E-state index is 0.262. The molecule has 0 unspecified atom stereocenters. The lowest BCUT2D eigenvalue weighted by Gasteiger charge is -2.09. The van der Waals surface area contributed by atoms with E-state index >= 15 is 0 Å². The number of hydrogen-bond donors (Lipinski definition) is 0. The van der Waals surface area contributed by atoms with Crippen LogP contribution < -0.4 is 0 Å². The van der Waals surface area contributed by atoms with Crippen molar-refractivity contribution in [3.05, 3.63) is 77.6 Å². The van der Waals surface area contributed by atoms with Crippen LogP contribution in [0.5, 0.6) is 0 Å². The first kappa shape index (κ1) is 19.1. The molecular weight excluding hydrogens is 385 g/mol. The smallest absolute Gasteiger partial charge is 0.200 e. The summed E-state index contributed by atoms with van der Waals surface area (Å²) >= 11 is 0.813. The number of allylic oxidation sites excluding steroid dienone is 1. The van der Waals surface area contributed by atoms with Gasteiger partial charge in [0, 0.05) is 23.4 Å². The van der Waals surface area contributed by atoms with Crippen LogP contribution in [0.2, 0.25) is 0 Å². The van der Waals surface area contributed by atoms with E-state index in [2.05, 4.69) is 16.8 Å². The molecule has 0 fully saturated rings. The average molecular weight is 397 g/mol. The van der Waals surface area contributed by atoms with Crippen LogP contribution in [-0.4, -0.2) is 14.8 Å². The summed E-state index contributed by atoms with van der Waals surface area (Å²) in [6, 6.07) is 9.06. The van der Waals surface area contributed by atoms with Gasteiger partial charge >= 0.3 is 0 Å². The van der Waals surface area contributed by atoms with Gasteiger partial charge in [-0.25, -0.2) is 22.0 Å². The predicted molar refractivity (Wildman–Crippen MR) is 91.4 cm³/mol. The Morgan fingerprint density at radius 1 is 0.889 bits per heavy atom. The molecule has 0 radical (unpaired) electrons. The molecule has 140 valence electrons. The minimum Gasteiger partial charge on any atom is -0.298 e. The van der Waals surface area contributed by atoms with Crippen molar-refractivity contribution < 1.29 is 22.0 Å². The summed E-state index contributed by atoms with van der Waals surface area (Å²) in [6.07, 6.45) is 1.58. The number of aromatic nitrogens is 3. The first-order chi connectivity index (χ1) is 13.0. The predicted octanol–water partition coefficient (Wildman–Crippen LogP) is 5.12. The maximum atomic E-state index is 13.8. The Kier molecular flexibility index (Phi) is 5.59. The van der Waals surface area contributed by atoms with E-state index in [-0.39, 0.29) is 5.16 Å². The van der Waals surface area contributed by atoms with Crippen LogP contribution >= 0.6 is 11.8 Å². The largest absolute Gasteiger partial charge is 0.298 e. The van der Waals surface area contributed by atoms with Gasteiger partial charge in [-0.15, -0.1) is 16.8 Å². The first-order valence-corrected chi connectivity index (χ1v) is 8.66. The molecule has 0 aliphatic carbocycles. The van der Waals surface area contributed by atoms with E-state index in [1.165, 1.54) is 0 Å². The summed E-state index contributed by atoms with van der Waals surface area (Å²) in [5, 5.41) is 8.29. The molecule has 0 atom stereocenters. The number of halogens is 5. The maximum Gasteiger partial charge on any atom is 0.200 e. The summed E-state index contributed by atoms with van der Waals surface area (Å²) in [5.74, 6) is -9.83. The highest BCUT2D eigenvalue weighted by atomic mass is 32.2. The quantitative estimate of drug-likeness (QED) is 0.190.